The van der Waals surface area contributed by atoms with Crippen LogP contribution in [-0.2, 0) is 0 Å². The summed E-state index contributed by atoms with van der Waals surface area (Å²) in [4.78, 5) is 0. The maximum Gasteiger partial charge on any atom is 0.0867 e. The van der Waals surface area contributed by atoms with Gasteiger partial charge in [0.1, 0.15) is 0 Å². The fourth-order valence-electron chi connectivity index (χ4n) is 0.825. The van der Waals surface area contributed by atoms with Gasteiger partial charge in [0.25, 0.3) is 0 Å². The van der Waals surface area contributed by atoms with Gasteiger partial charge in [-0.15, -0.1) is 46.4 Å². The Hall–Kier alpha value is 1.19. The maximum absolute atomic E-state index is 5.83. The first-order valence-electron chi connectivity index (χ1n) is 2.97. The van der Waals surface area contributed by atoms with Crippen molar-refractivity contribution in [2.75, 3.05) is 0 Å². The molecule has 4 atom stereocenters. The molecular weight excluding hydrogens is 249 g/mol. The van der Waals surface area contributed by atoms with E-state index in [2.05, 4.69) is 0 Å². The zero-order valence-electron chi connectivity index (χ0n) is 5.28. The molecule has 0 unspecified atom stereocenters. The average molecular weight is 254 g/mol. The molecule has 0 saturated carbocycles. The molecule has 5 heteroatoms. The van der Waals surface area contributed by atoms with Crippen LogP contribution in [-0.4, -0.2) is 21.5 Å². The van der Waals surface area contributed by atoms with Gasteiger partial charge in [0.05, 0.1) is 21.5 Å². The Morgan fingerprint density at radius 3 is 2.09 bits per heavy atom. The van der Waals surface area contributed by atoms with Gasteiger partial charge in [0.2, 0.25) is 0 Å². The topological polar surface area (TPSA) is 0 Å². The van der Waals surface area contributed by atoms with Crippen LogP contribution in [0.2, 0.25) is 0 Å². The lowest BCUT2D eigenvalue weighted by atomic mass is 10.1. The summed E-state index contributed by atoms with van der Waals surface area (Å²) in [6.07, 6.45) is 1.62. The van der Waals surface area contributed by atoms with Gasteiger partial charge < -0.3 is 0 Å². The normalized spacial score (nSPS) is 45.4. The number of alkyl halides is 4. The summed E-state index contributed by atoms with van der Waals surface area (Å²) in [6.45, 7) is 0. The van der Waals surface area contributed by atoms with E-state index in [4.69, 9.17) is 58.0 Å². The van der Waals surface area contributed by atoms with Crippen LogP contribution >= 0.6 is 58.0 Å². The van der Waals surface area contributed by atoms with E-state index in [0.29, 0.717) is 5.03 Å². The fourth-order valence-corrected chi connectivity index (χ4v) is 2.41. The molecule has 0 amide bonds. The Balaban J connectivity index is 2.83. The largest absolute Gasteiger partial charge is 0.119 e. The van der Waals surface area contributed by atoms with Crippen LogP contribution in [0.4, 0.5) is 0 Å². The number of halogens is 5. The van der Waals surface area contributed by atoms with Gasteiger partial charge in [-0.2, -0.15) is 0 Å². The Labute approximate surface area is 90.4 Å². The molecule has 0 spiro atoms. The molecule has 64 valence electrons. The van der Waals surface area contributed by atoms with Gasteiger partial charge in [-0.1, -0.05) is 11.6 Å². The summed E-state index contributed by atoms with van der Waals surface area (Å²) in [7, 11) is 0. The van der Waals surface area contributed by atoms with E-state index >= 15 is 0 Å². The van der Waals surface area contributed by atoms with Crippen molar-refractivity contribution in [2.24, 2.45) is 0 Å². The zero-order chi connectivity index (χ0) is 8.59. The predicted molar refractivity (Wildman–Crippen MR) is 52.5 cm³/mol. The van der Waals surface area contributed by atoms with Gasteiger partial charge in [-0.25, -0.2) is 0 Å². The molecule has 1 aliphatic rings. The molecule has 0 radical (unpaired) electrons. The molecule has 0 saturated heterocycles. The lowest BCUT2D eigenvalue weighted by Gasteiger charge is -2.27. The molecule has 1 aliphatic carbocycles. The molecule has 0 aromatic rings. The Morgan fingerprint density at radius 2 is 1.55 bits per heavy atom. The van der Waals surface area contributed by atoms with E-state index in [1.165, 1.54) is 0 Å². The third-order valence-electron chi connectivity index (χ3n) is 1.47. The average Bonchev–Trinajstić information content (AvgIpc) is 1.97. The van der Waals surface area contributed by atoms with Gasteiger partial charge >= 0.3 is 0 Å². The highest BCUT2D eigenvalue weighted by atomic mass is 35.5. The van der Waals surface area contributed by atoms with Gasteiger partial charge in [-0.3, -0.25) is 0 Å². The Morgan fingerprint density at radius 1 is 1.00 bits per heavy atom. The van der Waals surface area contributed by atoms with Crippen LogP contribution in [0.3, 0.4) is 0 Å². The number of rotatable bonds is 0. The van der Waals surface area contributed by atoms with Crippen molar-refractivity contribution >= 4 is 58.0 Å². The predicted octanol–water partition coefficient (Wildman–Crippen LogP) is 3.55. The van der Waals surface area contributed by atoms with Crippen LogP contribution in [0.1, 0.15) is 0 Å². The van der Waals surface area contributed by atoms with Crippen molar-refractivity contribution in [3.8, 4) is 0 Å². The zero-order valence-corrected chi connectivity index (χ0v) is 9.06. The van der Waals surface area contributed by atoms with E-state index in [1.54, 1.807) is 6.08 Å². The molecule has 0 heterocycles. The molecule has 0 aromatic carbocycles. The lowest BCUT2D eigenvalue weighted by Crippen LogP contribution is -2.36. The lowest BCUT2D eigenvalue weighted by molar-refractivity contribution is 0.751. The Bertz CT molecular complexity index is 178. The highest BCUT2D eigenvalue weighted by Crippen LogP contribution is 2.35. The molecule has 0 bridgehead atoms. The van der Waals surface area contributed by atoms with Crippen molar-refractivity contribution in [3.63, 3.8) is 0 Å². The van der Waals surface area contributed by atoms with Crippen molar-refractivity contribution in [2.45, 2.75) is 21.5 Å². The smallest absolute Gasteiger partial charge is 0.0867 e. The maximum atomic E-state index is 5.83. The highest BCUT2D eigenvalue weighted by Gasteiger charge is 2.35. The first-order valence-corrected chi connectivity index (χ1v) is 5.10. The highest BCUT2D eigenvalue weighted by molar-refractivity contribution is 6.44. The monoisotopic (exact) mass is 252 g/mol. The van der Waals surface area contributed by atoms with Crippen LogP contribution in [0.25, 0.3) is 0 Å². The first-order chi connectivity index (χ1) is 5.04. The number of hydrogen-bond acceptors (Lipinski definition) is 0. The summed E-state index contributed by atoms with van der Waals surface area (Å²) >= 11 is 29.0. The molecule has 0 aliphatic heterocycles. The summed E-state index contributed by atoms with van der Waals surface area (Å²) in [5.74, 6) is 0. The SMILES string of the molecule is ClC1=C[C@H](Cl)[C@@H](Cl)[C@@H](Cl)[C@@H]1Cl. The van der Waals surface area contributed by atoms with Crippen LogP contribution in [0.5, 0.6) is 0 Å². The second-order valence-electron chi connectivity index (χ2n) is 2.29. The first kappa shape index (κ1) is 10.3. The van der Waals surface area contributed by atoms with E-state index in [-0.39, 0.29) is 10.8 Å². The summed E-state index contributed by atoms with van der Waals surface area (Å²) in [5, 5.41) is -1.04. The van der Waals surface area contributed by atoms with Gasteiger partial charge in [0, 0.05) is 5.03 Å². The molecular formula is C6H5Cl5. The summed E-state index contributed by atoms with van der Waals surface area (Å²) in [6, 6.07) is 0. The van der Waals surface area contributed by atoms with E-state index < -0.39 is 10.8 Å². The minimum Gasteiger partial charge on any atom is -0.119 e. The second-order valence-corrected chi connectivity index (χ2v) is 4.71. The molecule has 11 heavy (non-hydrogen) atoms. The van der Waals surface area contributed by atoms with Crippen LogP contribution in [0.15, 0.2) is 11.1 Å². The van der Waals surface area contributed by atoms with Crippen molar-refractivity contribution < 1.29 is 0 Å². The quantitative estimate of drug-likeness (QED) is 0.580. The van der Waals surface area contributed by atoms with Gasteiger partial charge in [-0.05, 0) is 6.08 Å². The van der Waals surface area contributed by atoms with E-state index in [0.717, 1.165) is 0 Å². The van der Waals surface area contributed by atoms with Crippen molar-refractivity contribution in [1.29, 1.82) is 0 Å². The van der Waals surface area contributed by atoms with Crippen molar-refractivity contribution in [3.05, 3.63) is 11.1 Å². The number of hydrogen-bond donors (Lipinski definition) is 0. The molecule has 0 aromatic heterocycles. The van der Waals surface area contributed by atoms with Crippen LogP contribution < -0.4 is 0 Å². The van der Waals surface area contributed by atoms with Gasteiger partial charge in [0.15, 0.2) is 0 Å². The molecule has 1 rings (SSSR count). The second kappa shape index (κ2) is 3.93. The number of allylic oxidation sites excluding steroid dienone is 2. The Kier molecular flexibility index (Phi) is 3.67. The fraction of sp³-hybridized carbons (Fsp3) is 0.667. The standard InChI is InChI=1S/C6H5Cl5/c7-2-1-3(8)5(10)6(11)4(2)9/h1-2,4-6H/t2-,4+,5+,6+/m0/s1. The van der Waals surface area contributed by atoms with E-state index in [9.17, 15) is 0 Å². The van der Waals surface area contributed by atoms with E-state index in [1.807, 2.05) is 0 Å². The minimum atomic E-state index is -0.421. The minimum absolute atomic E-state index is 0.332. The van der Waals surface area contributed by atoms with Crippen LogP contribution in [0, 0.1) is 0 Å². The third kappa shape index (κ3) is 2.10. The van der Waals surface area contributed by atoms with Crippen molar-refractivity contribution in [1.82, 2.24) is 0 Å². The molecule has 0 N–H and O–H groups in total. The summed E-state index contributed by atoms with van der Waals surface area (Å²) in [5.41, 5.74) is 0. The molecule has 0 fully saturated rings. The third-order valence-corrected chi connectivity index (χ3v) is 4.30. The molecule has 0 nitrogen and oxygen atoms in total. The summed E-state index contributed by atoms with van der Waals surface area (Å²) < 4.78 is 0.